The minimum atomic E-state index is -0.747. The first-order valence-electron chi connectivity index (χ1n) is 9.72. The van der Waals surface area contributed by atoms with Crippen molar-refractivity contribution in [3.05, 3.63) is 0 Å². The van der Waals surface area contributed by atoms with Gasteiger partial charge in [-0.3, -0.25) is 9.59 Å². The third-order valence-electron chi connectivity index (χ3n) is 4.93. The summed E-state index contributed by atoms with van der Waals surface area (Å²) >= 11 is 0. The fourth-order valence-electron chi connectivity index (χ4n) is 3.24. The number of amides is 3. The number of nitrogens with one attached hydrogen (secondary N) is 4. The molecule has 0 aromatic heterocycles. The zero-order chi connectivity index (χ0) is 19.8. The van der Waals surface area contributed by atoms with Gasteiger partial charge in [0.2, 0.25) is 11.8 Å². The van der Waals surface area contributed by atoms with E-state index in [-0.39, 0.29) is 30.3 Å². The van der Waals surface area contributed by atoms with E-state index in [2.05, 4.69) is 21.3 Å². The number of carbonyl (C=O) groups excluding carboxylic acids is 3. The molecule has 9 nitrogen and oxygen atoms in total. The van der Waals surface area contributed by atoms with E-state index >= 15 is 0 Å². The number of aliphatic hydroxyl groups excluding tert-OH is 1. The predicted molar refractivity (Wildman–Crippen MR) is 98.8 cm³/mol. The SMILES string of the molecule is CC(C)C[C@H](NC(=O)OCC1CNC1)C(=O)N[C@H](CO)C[C@@H]1CCNC1=O. The van der Waals surface area contributed by atoms with Crippen LogP contribution in [0.5, 0.6) is 0 Å². The molecule has 2 rings (SSSR count). The first-order chi connectivity index (χ1) is 12.9. The molecule has 3 amide bonds. The average Bonchev–Trinajstić information content (AvgIpc) is 2.96. The van der Waals surface area contributed by atoms with E-state index in [4.69, 9.17) is 4.74 Å². The second-order valence-electron chi connectivity index (χ2n) is 7.85. The van der Waals surface area contributed by atoms with Crippen LogP contribution in [0.25, 0.3) is 0 Å². The molecular formula is C18H32N4O5. The molecule has 154 valence electrons. The van der Waals surface area contributed by atoms with Crippen LogP contribution in [0.4, 0.5) is 4.79 Å². The quantitative estimate of drug-likeness (QED) is 0.340. The van der Waals surface area contributed by atoms with Gasteiger partial charge in [-0.2, -0.15) is 0 Å². The van der Waals surface area contributed by atoms with Gasteiger partial charge in [-0.1, -0.05) is 13.8 Å². The molecule has 0 aliphatic carbocycles. The third kappa shape index (κ3) is 6.99. The first-order valence-corrected chi connectivity index (χ1v) is 9.72. The highest BCUT2D eigenvalue weighted by molar-refractivity contribution is 5.86. The number of hydrogen-bond donors (Lipinski definition) is 5. The van der Waals surface area contributed by atoms with E-state index in [0.29, 0.717) is 38.3 Å². The maximum absolute atomic E-state index is 12.6. The van der Waals surface area contributed by atoms with E-state index in [9.17, 15) is 19.5 Å². The van der Waals surface area contributed by atoms with Gasteiger partial charge in [0.25, 0.3) is 0 Å². The van der Waals surface area contributed by atoms with Crippen molar-refractivity contribution in [1.29, 1.82) is 0 Å². The zero-order valence-corrected chi connectivity index (χ0v) is 16.1. The van der Waals surface area contributed by atoms with Crippen LogP contribution in [-0.4, -0.2) is 67.9 Å². The van der Waals surface area contributed by atoms with Gasteiger partial charge in [-0.15, -0.1) is 0 Å². The summed E-state index contributed by atoms with van der Waals surface area (Å²) in [6.45, 7) is 6.26. The second-order valence-corrected chi connectivity index (χ2v) is 7.85. The normalized spacial score (nSPS) is 21.9. The molecule has 0 unspecified atom stereocenters. The summed E-state index contributed by atoms with van der Waals surface area (Å²) in [4.78, 5) is 36.4. The van der Waals surface area contributed by atoms with Gasteiger partial charge < -0.3 is 31.1 Å². The number of alkyl carbamates (subject to hydrolysis) is 1. The van der Waals surface area contributed by atoms with Gasteiger partial charge in [0.05, 0.1) is 19.3 Å². The van der Waals surface area contributed by atoms with Crippen LogP contribution in [0.2, 0.25) is 0 Å². The molecule has 0 aromatic carbocycles. The number of ether oxygens (including phenoxy) is 1. The largest absolute Gasteiger partial charge is 0.449 e. The van der Waals surface area contributed by atoms with Gasteiger partial charge in [0.1, 0.15) is 6.04 Å². The molecule has 2 saturated heterocycles. The van der Waals surface area contributed by atoms with Crippen LogP contribution in [0.15, 0.2) is 0 Å². The number of hydrogen-bond acceptors (Lipinski definition) is 6. The maximum Gasteiger partial charge on any atom is 0.407 e. The fraction of sp³-hybridized carbons (Fsp3) is 0.833. The molecule has 0 radical (unpaired) electrons. The standard InChI is InChI=1S/C18H32N4O5/c1-11(2)5-15(22-18(26)27-10-12-7-19-8-12)17(25)21-14(9-23)6-13-3-4-20-16(13)24/h11-15,19,23H,3-10H2,1-2H3,(H,20,24)(H,21,25)(H,22,26)/t13-,14-,15-/m0/s1. The van der Waals surface area contributed by atoms with Crippen molar-refractivity contribution in [3.8, 4) is 0 Å². The average molecular weight is 384 g/mol. The lowest BCUT2D eigenvalue weighted by Gasteiger charge is -2.27. The van der Waals surface area contributed by atoms with E-state index in [1.807, 2.05) is 13.8 Å². The molecule has 2 heterocycles. The minimum absolute atomic E-state index is 0.0476. The van der Waals surface area contributed by atoms with Crippen LogP contribution in [-0.2, 0) is 14.3 Å². The molecule has 9 heteroatoms. The number of rotatable bonds is 10. The smallest absolute Gasteiger partial charge is 0.407 e. The molecule has 2 aliphatic rings. The van der Waals surface area contributed by atoms with Crippen LogP contribution in [0.1, 0.15) is 33.1 Å². The van der Waals surface area contributed by atoms with Gasteiger partial charge in [0, 0.05) is 31.5 Å². The Balaban J connectivity index is 1.85. The van der Waals surface area contributed by atoms with Gasteiger partial charge in [-0.05, 0) is 25.2 Å². The van der Waals surface area contributed by atoms with Crippen molar-refractivity contribution in [2.45, 2.75) is 45.2 Å². The summed E-state index contributed by atoms with van der Waals surface area (Å²) in [6, 6.07) is -1.27. The Morgan fingerprint density at radius 3 is 2.56 bits per heavy atom. The van der Waals surface area contributed by atoms with Crippen molar-refractivity contribution < 1.29 is 24.2 Å². The van der Waals surface area contributed by atoms with Crippen molar-refractivity contribution in [3.63, 3.8) is 0 Å². The summed E-state index contributed by atoms with van der Waals surface area (Å²) in [7, 11) is 0. The van der Waals surface area contributed by atoms with Crippen molar-refractivity contribution >= 4 is 17.9 Å². The van der Waals surface area contributed by atoms with Crippen LogP contribution < -0.4 is 21.3 Å². The highest BCUT2D eigenvalue weighted by atomic mass is 16.5. The lowest BCUT2D eigenvalue weighted by molar-refractivity contribution is -0.126. The Bertz CT molecular complexity index is 524. The highest BCUT2D eigenvalue weighted by Gasteiger charge is 2.30. The summed E-state index contributed by atoms with van der Waals surface area (Å²) in [5.74, 6) is -0.119. The Morgan fingerprint density at radius 2 is 2.04 bits per heavy atom. The van der Waals surface area contributed by atoms with E-state index in [0.717, 1.165) is 13.1 Å². The summed E-state index contributed by atoms with van der Waals surface area (Å²) in [6.07, 6.45) is 0.912. The Labute approximate surface area is 160 Å². The van der Waals surface area contributed by atoms with Crippen molar-refractivity contribution in [1.82, 2.24) is 21.3 Å². The summed E-state index contributed by atoms with van der Waals surface area (Å²) < 4.78 is 5.19. The van der Waals surface area contributed by atoms with Crippen LogP contribution >= 0.6 is 0 Å². The minimum Gasteiger partial charge on any atom is -0.449 e. The highest BCUT2D eigenvalue weighted by Crippen LogP contribution is 2.16. The number of aliphatic hydroxyl groups is 1. The van der Waals surface area contributed by atoms with E-state index in [1.165, 1.54) is 0 Å². The molecule has 5 N–H and O–H groups in total. The van der Waals surface area contributed by atoms with Crippen molar-refractivity contribution in [2.24, 2.45) is 17.8 Å². The lowest BCUT2D eigenvalue weighted by atomic mass is 9.97. The Morgan fingerprint density at radius 1 is 1.30 bits per heavy atom. The van der Waals surface area contributed by atoms with Gasteiger partial charge >= 0.3 is 6.09 Å². The third-order valence-corrected chi connectivity index (χ3v) is 4.93. The van der Waals surface area contributed by atoms with Gasteiger partial charge in [-0.25, -0.2) is 4.79 Å². The molecule has 27 heavy (non-hydrogen) atoms. The monoisotopic (exact) mass is 384 g/mol. The van der Waals surface area contributed by atoms with Crippen LogP contribution in [0, 0.1) is 17.8 Å². The lowest BCUT2D eigenvalue weighted by Crippen LogP contribution is -2.52. The van der Waals surface area contributed by atoms with E-state index < -0.39 is 18.2 Å². The topological polar surface area (TPSA) is 129 Å². The fourth-order valence-corrected chi connectivity index (χ4v) is 3.24. The Kier molecular flexibility index (Phi) is 8.30. The van der Waals surface area contributed by atoms with E-state index in [1.54, 1.807) is 0 Å². The Hall–Kier alpha value is -1.87. The van der Waals surface area contributed by atoms with Gasteiger partial charge in [0.15, 0.2) is 0 Å². The zero-order valence-electron chi connectivity index (χ0n) is 16.1. The molecule has 0 bridgehead atoms. The molecular weight excluding hydrogens is 352 g/mol. The molecule has 2 aliphatic heterocycles. The molecule has 2 fully saturated rings. The molecule has 0 aromatic rings. The molecule has 0 saturated carbocycles. The van der Waals surface area contributed by atoms with Crippen molar-refractivity contribution in [2.75, 3.05) is 32.8 Å². The summed E-state index contributed by atoms with van der Waals surface area (Å²) in [5, 5.41) is 20.8. The summed E-state index contributed by atoms with van der Waals surface area (Å²) in [5.41, 5.74) is 0. The predicted octanol–water partition coefficient (Wildman–Crippen LogP) is -0.650. The first kappa shape index (κ1) is 21.4. The second kappa shape index (κ2) is 10.5. The molecule has 0 spiro atoms. The molecule has 3 atom stereocenters. The number of carbonyl (C=O) groups is 3. The maximum atomic E-state index is 12.6. The van der Waals surface area contributed by atoms with Crippen LogP contribution in [0.3, 0.4) is 0 Å².